The van der Waals surface area contributed by atoms with Crippen LogP contribution in [-0.2, 0) is 9.53 Å². The maximum Gasteiger partial charge on any atom is 0.288 e. The third-order valence-electron chi connectivity index (χ3n) is 1.63. The predicted molar refractivity (Wildman–Crippen MR) is 39.3 cm³/mol. The number of imide groups is 1. The maximum atomic E-state index is 11.0. The second-order valence-electron chi connectivity index (χ2n) is 2.51. The standard InChI is InChI=1S/C6H7NO3S/c8-5-3-11-6(9)7(5)1-4-2-10-4/h4H,1-3H2/t4-/m1/s1. The molecule has 0 unspecified atom stereocenters. The number of hydrogen-bond acceptors (Lipinski definition) is 4. The van der Waals surface area contributed by atoms with Crippen LogP contribution in [-0.4, -0.2) is 41.1 Å². The van der Waals surface area contributed by atoms with Gasteiger partial charge in [-0.1, -0.05) is 11.8 Å². The second kappa shape index (κ2) is 2.49. The van der Waals surface area contributed by atoms with Gasteiger partial charge in [-0.25, -0.2) is 0 Å². The highest BCUT2D eigenvalue weighted by Crippen LogP contribution is 2.21. The largest absolute Gasteiger partial charge is 0.371 e. The van der Waals surface area contributed by atoms with E-state index in [2.05, 4.69) is 0 Å². The molecule has 2 rings (SSSR count). The highest BCUT2D eigenvalue weighted by molar-refractivity contribution is 8.14. The molecule has 2 heterocycles. The molecule has 0 aromatic carbocycles. The van der Waals surface area contributed by atoms with E-state index in [-0.39, 0.29) is 17.3 Å². The molecule has 1 atom stereocenters. The van der Waals surface area contributed by atoms with Crippen LogP contribution in [0.3, 0.4) is 0 Å². The van der Waals surface area contributed by atoms with Crippen LogP contribution in [0.25, 0.3) is 0 Å². The zero-order valence-electron chi connectivity index (χ0n) is 5.78. The topological polar surface area (TPSA) is 49.9 Å². The van der Waals surface area contributed by atoms with Crippen molar-refractivity contribution < 1.29 is 14.3 Å². The number of amides is 2. The van der Waals surface area contributed by atoms with E-state index in [1.807, 2.05) is 0 Å². The van der Waals surface area contributed by atoms with Gasteiger partial charge in [0.05, 0.1) is 25.0 Å². The molecule has 0 saturated carbocycles. The summed E-state index contributed by atoms with van der Waals surface area (Å²) in [6.45, 7) is 1.13. The van der Waals surface area contributed by atoms with Crippen LogP contribution in [0.4, 0.5) is 4.79 Å². The number of epoxide rings is 1. The molecule has 60 valence electrons. The van der Waals surface area contributed by atoms with Crippen molar-refractivity contribution in [1.82, 2.24) is 4.90 Å². The summed E-state index contributed by atoms with van der Waals surface area (Å²) in [7, 11) is 0. The fourth-order valence-corrected chi connectivity index (χ4v) is 1.67. The Morgan fingerprint density at radius 1 is 1.64 bits per heavy atom. The van der Waals surface area contributed by atoms with Gasteiger partial charge in [-0.2, -0.15) is 0 Å². The lowest BCUT2D eigenvalue weighted by atomic mass is 10.4. The summed E-state index contributed by atoms with van der Waals surface area (Å²) in [4.78, 5) is 23.2. The fourth-order valence-electron chi connectivity index (χ4n) is 0.935. The molecule has 0 aliphatic carbocycles. The minimum Gasteiger partial charge on any atom is -0.371 e. The molecule has 4 nitrogen and oxygen atoms in total. The van der Waals surface area contributed by atoms with Gasteiger partial charge in [-0.05, 0) is 0 Å². The van der Waals surface area contributed by atoms with E-state index in [4.69, 9.17) is 4.74 Å². The van der Waals surface area contributed by atoms with Gasteiger partial charge in [0, 0.05) is 0 Å². The maximum absolute atomic E-state index is 11.0. The Labute approximate surface area is 67.9 Å². The summed E-state index contributed by atoms with van der Waals surface area (Å²) in [6, 6.07) is 0. The van der Waals surface area contributed by atoms with Crippen LogP contribution in [0.2, 0.25) is 0 Å². The van der Waals surface area contributed by atoms with Gasteiger partial charge in [0.25, 0.3) is 5.24 Å². The first-order valence-corrected chi connectivity index (χ1v) is 4.34. The molecule has 2 amide bonds. The highest BCUT2D eigenvalue weighted by atomic mass is 32.2. The van der Waals surface area contributed by atoms with E-state index in [1.54, 1.807) is 0 Å². The van der Waals surface area contributed by atoms with E-state index >= 15 is 0 Å². The molecule has 5 heteroatoms. The average molecular weight is 173 g/mol. The summed E-state index contributed by atoms with van der Waals surface area (Å²) in [6.07, 6.45) is 0.113. The van der Waals surface area contributed by atoms with Crippen molar-refractivity contribution in [2.75, 3.05) is 18.9 Å². The van der Waals surface area contributed by atoms with Gasteiger partial charge >= 0.3 is 0 Å². The number of carbonyl (C=O) groups excluding carboxylic acids is 2. The first-order valence-electron chi connectivity index (χ1n) is 3.36. The first kappa shape index (κ1) is 7.12. The molecule has 2 aliphatic heterocycles. The average Bonchev–Trinajstić information content (AvgIpc) is 2.73. The van der Waals surface area contributed by atoms with Crippen molar-refractivity contribution >= 4 is 22.9 Å². The molecule has 0 bridgehead atoms. The van der Waals surface area contributed by atoms with E-state index in [0.717, 1.165) is 11.8 Å². The summed E-state index contributed by atoms with van der Waals surface area (Å²) in [5.74, 6) is 0.210. The number of ether oxygens (including phenoxy) is 1. The van der Waals surface area contributed by atoms with Crippen molar-refractivity contribution in [2.45, 2.75) is 6.10 Å². The third-order valence-corrected chi connectivity index (χ3v) is 2.49. The summed E-state index contributed by atoms with van der Waals surface area (Å²) in [5.41, 5.74) is 0. The Bertz CT molecular complexity index is 198. The Balaban J connectivity index is 1.97. The SMILES string of the molecule is O=C1CSC(=O)N1C[C@@H]1CO1. The van der Waals surface area contributed by atoms with Crippen molar-refractivity contribution in [3.8, 4) is 0 Å². The van der Waals surface area contributed by atoms with Crippen molar-refractivity contribution in [3.05, 3.63) is 0 Å². The van der Waals surface area contributed by atoms with Gasteiger partial charge in [0.15, 0.2) is 0 Å². The van der Waals surface area contributed by atoms with Crippen LogP contribution < -0.4 is 0 Å². The molecule has 0 spiro atoms. The predicted octanol–water partition coefficient (Wildman–Crippen LogP) is 0.0806. The normalized spacial score (nSPS) is 29.8. The molecule has 0 radical (unpaired) electrons. The molecule has 2 fully saturated rings. The molecular formula is C6H7NO3S. The number of thioether (sulfide) groups is 1. The zero-order chi connectivity index (χ0) is 7.84. The quantitative estimate of drug-likeness (QED) is 0.555. The van der Waals surface area contributed by atoms with Gasteiger partial charge < -0.3 is 4.74 Å². The molecule has 0 aromatic rings. The van der Waals surface area contributed by atoms with Gasteiger partial charge in [-0.15, -0.1) is 0 Å². The monoisotopic (exact) mass is 173 g/mol. The van der Waals surface area contributed by atoms with Crippen molar-refractivity contribution in [3.63, 3.8) is 0 Å². The molecule has 11 heavy (non-hydrogen) atoms. The van der Waals surface area contributed by atoms with Crippen molar-refractivity contribution in [1.29, 1.82) is 0 Å². The van der Waals surface area contributed by atoms with Crippen LogP contribution in [0.1, 0.15) is 0 Å². The minimum absolute atomic E-state index is 0.0875. The highest BCUT2D eigenvalue weighted by Gasteiger charge is 2.35. The van der Waals surface area contributed by atoms with Gasteiger partial charge in [0.2, 0.25) is 5.91 Å². The Morgan fingerprint density at radius 2 is 2.36 bits per heavy atom. The lowest BCUT2D eigenvalue weighted by Gasteiger charge is -2.09. The van der Waals surface area contributed by atoms with Crippen LogP contribution >= 0.6 is 11.8 Å². The Hall–Kier alpha value is -0.550. The third kappa shape index (κ3) is 1.39. The second-order valence-corrected chi connectivity index (χ2v) is 3.44. The first-order chi connectivity index (χ1) is 5.27. The summed E-state index contributed by atoms with van der Waals surface area (Å²) >= 11 is 1.07. The Morgan fingerprint density at radius 3 is 2.82 bits per heavy atom. The van der Waals surface area contributed by atoms with Gasteiger partial charge in [-0.3, -0.25) is 14.5 Å². The van der Waals surface area contributed by atoms with Crippen molar-refractivity contribution in [2.24, 2.45) is 0 Å². The number of nitrogens with zero attached hydrogens (tertiary/aromatic N) is 1. The van der Waals surface area contributed by atoms with Crippen LogP contribution in [0.15, 0.2) is 0 Å². The lowest BCUT2D eigenvalue weighted by molar-refractivity contribution is -0.124. The molecular weight excluding hydrogens is 166 g/mol. The smallest absolute Gasteiger partial charge is 0.288 e. The van der Waals surface area contributed by atoms with Gasteiger partial charge in [0.1, 0.15) is 0 Å². The molecule has 0 aromatic heterocycles. The van der Waals surface area contributed by atoms with Crippen LogP contribution in [0.5, 0.6) is 0 Å². The lowest BCUT2D eigenvalue weighted by Crippen LogP contribution is -2.32. The molecule has 2 saturated heterocycles. The summed E-state index contributed by atoms with van der Waals surface area (Å²) in [5, 5.41) is -0.134. The number of hydrogen-bond donors (Lipinski definition) is 0. The van der Waals surface area contributed by atoms with E-state index in [0.29, 0.717) is 18.9 Å². The van der Waals surface area contributed by atoms with E-state index < -0.39 is 0 Å². The van der Waals surface area contributed by atoms with E-state index in [9.17, 15) is 9.59 Å². The Kier molecular flexibility index (Phi) is 1.61. The minimum atomic E-state index is -0.134. The zero-order valence-corrected chi connectivity index (χ0v) is 6.60. The summed E-state index contributed by atoms with van der Waals surface area (Å²) < 4.78 is 4.91. The molecule has 2 aliphatic rings. The van der Waals surface area contributed by atoms with Crippen LogP contribution in [0, 0.1) is 0 Å². The molecule has 0 N–H and O–H groups in total. The fraction of sp³-hybridized carbons (Fsp3) is 0.667. The number of rotatable bonds is 2. The van der Waals surface area contributed by atoms with E-state index in [1.165, 1.54) is 4.90 Å². The number of carbonyl (C=O) groups is 2.